The highest BCUT2D eigenvalue weighted by Crippen LogP contribution is 2.46. The van der Waals surface area contributed by atoms with Crippen LogP contribution in [0.25, 0.3) is 0 Å². The first-order valence-electron chi connectivity index (χ1n) is 9.83. The Hall–Kier alpha value is -1.46. The SMILES string of the molecule is CCc1c(C)c(Sc2cccc(O)c2C(C)C)c(C)c(CC)c1OCP(=O)(O)O. The van der Waals surface area contributed by atoms with Gasteiger partial charge in [0.1, 0.15) is 11.5 Å². The van der Waals surface area contributed by atoms with Crippen molar-refractivity contribution in [2.45, 2.75) is 70.1 Å². The number of phenolic OH excluding ortho intramolecular Hbond substituents is 1. The summed E-state index contributed by atoms with van der Waals surface area (Å²) in [4.78, 5) is 20.6. The van der Waals surface area contributed by atoms with Crippen molar-refractivity contribution in [3.05, 3.63) is 46.0 Å². The molecule has 2 aromatic rings. The van der Waals surface area contributed by atoms with Gasteiger partial charge in [-0.25, -0.2) is 0 Å². The van der Waals surface area contributed by atoms with Crippen LogP contribution in [0.5, 0.6) is 11.5 Å². The lowest BCUT2D eigenvalue weighted by Crippen LogP contribution is -2.08. The second kappa shape index (κ2) is 9.57. The first-order valence-corrected chi connectivity index (χ1v) is 12.4. The van der Waals surface area contributed by atoms with Gasteiger partial charge in [0.05, 0.1) is 0 Å². The van der Waals surface area contributed by atoms with Gasteiger partial charge in [0.25, 0.3) is 0 Å². The fourth-order valence-corrected chi connectivity index (χ4v) is 5.38. The Bertz CT molecular complexity index is 902. The molecule has 3 N–H and O–H groups in total. The van der Waals surface area contributed by atoms with Gasteiger partial charge in [-0.3, -0.25) is 4.57 Å². The summed E-state index contributed by atoms with van der Waals surface area (Å²) in [6.45, 7) is 12.2. The quantitative estimate of drug-likeness (QED) is 0.443. The minimum atomic E-state index is -4.27. The topological polar surface area (TPSA) is 87.0 Å². The maximum atomic E-state index is 11.4. The summed E-state index contributed by atoms with van der Waals surface area (Å²) in [5, 5.41) is 10.4. The first kappa shape index (κ1) is 23.8. The zero-order chi connectivity index (χ0) is 21.9. The molecule has 5 nitrogen and oxygen atoms in total. The average molecular weight is 439 g/mol. The lowest BCUT2D eigenvalue weighted by Gasteiger charge is -2.24. The van der Waals surface area contributed by atoms with Crippen LogP contribution in [0.4, 0.5) is 0 Å². The van der Waals surface area contributed by atoms with Crippen molar-refractivity contribution in [2.75, 3.05) is 6.35 Å². The van der Waals surface area contributed by atoms with Gasteiger partial charge in [-0.15, -0.1) is 0 Å². The normalized spacial score (nSPS) is 11.9. The highest BCUT2D eigenvalue weighted by atomic mass is 32.2. The van der Waals surface area contributed by atoms with Gasteiger partial charge in [-0.05, 0) is 67.0 Å². The van der Waals surface area contributed by atoms with Crippen LogP contribution in [-0.2, 0) is 17.4 Å². The number of hydrogen-bond donors (Lipinski definition) is 3. The summed E-state index contributed by atoms with van der Waals surface area (Å²) in [6.07, 6.45) is 0.767. The molecule has 0 radical (unpaired) electrons. The van der Waals surface area contributed by atoms with Gasteiger partial charge in [0.2, 0.25) is 0 Å². The van der Waals surface area contributed by atoms with Crippen molar-refractivity contribution >= 4 is 19.4 Å². The zero-order valence-corrected chi connectivity index (χ0v) is 19.7. The molecule has 0 saturated carbocycles. The van der Waals surface area contributed by atoms with Crippen molar-refractivity contribution in [1.29, 1.82) is 0 Å². The van der Waals surface area contributed by atoms with E-state index in [0.717, 1.165) is 37.6 Å². The van der Waals surface area contributed by atoms with E-state index in [-0.39, 0.29) is 5.92 Å². The number of benzene rings is 2. The summed E-state index contributed by atoms with van der Waals surface area (Å²) >= 11 is 1.63. The van der Waals surface area contributed by atoms with E-state index < -0.39 is 13.9 Å². The van der Waals surface area contributed by atoms with Crippen LogP contribution < -0.4 is 4.74 Å². The van der Waals surface area contributed by atoms with E-state index in [2.05, 4.69) is 13.8 Å². The highest BCUT2D eigenvalue weighted by molar-refractivity contribution is 7.99. The Balaban J connectivity index is 2.63. The molecule has 0 aromatic heterocycles. The molecule has 0 spiro atoms. The van der Waals surface area contributed by atoms with Gasteiger partial charge >= 0.3 is 7.60 Å². The second-order valence-corrected chi connectivity index (χ2v) is 10.1. The number of hydrogen-bond acceptors (Lipinski definition) is 4. The van der Waals surface area contributed by atoms with Crippen LogP contribution in [0, 0.1) is 13.8 Å². The fourth-order valence-electron chi connectivity index (χ4n) is 3.72. The molecule has 0 atom stereocenters. The van der Waals surface area contributed by atoms with E-state index >= 15 is 0 Å². The molecule has 0 aliphatic carbocycles. The molecule has 2 rings (SSSR count). The predicted molar refractivity (Wildman–Crippen MR) is 119 cm³/mol. The van der Waals surface area contributed by atoms with Crippen molar-refractivity contribution < 1.29 is 24.2 Å². The Morgan fingerprint density at radius 1 is 1.07 bits per heavy atom. The number of rotatable bonds is 8. The van der Waals surface area contributed by atoms with E-state index in [1.54, 1.807) is 17.8 Å². The number of phenols is 1. The molecule has 0 aliphatic rings. The molecule has 0 aliphatic heterocycles. The van der Waals surface area contributed by atoms with Crippen LogP contribution in [0.1, 0.15) is 61.4 Å². The van der Waals surface area contributed by atoms with E-state index in [1.165, 1.54) is 0 Å². The van der Waals surface area contributed by atoms with E-state index in [4.69, 9.17) is 4.74 Å². The molecule has 160 valence electrons. The van der Waals surface area contributed by atoms with Gasteiger partial charge in [0.15, 0.2) is 6.35 Å². The summed E-state index contributed by atoms with van der Waals surface area (Å²) < 4.78 is 17.0. The molecule has 0 heterocycles. The van der Waals surface area contributed by atoms with Crippen LogP contribution in [0.3, 0.4) is 0 Å². The third-order valence-corrected chi connectivity index (χ3v) is 6.91. The standard InChI is InChI=1S/C22H31O5PS/c1-7-16-14(5)22(29-19-11-9-10-18(23)20(19)13(3)4)15(6)17(8-2)21(16)27-12-28(24,25)26/h9-11,13,23H,7-8,12H2,1-6H3,(H2,24,25,26). The molecule has 0 fully saturated rings. The highest BCUT2D eigenvalue weighted by Gasteiger charge is 2.23. The third-order valence-electron chi connectivity index (χ3n) is 5.05. The van der Waals surface area contributed by atoms with Gasteiger partial charge in [-0.2, -0.15) is 0 Å². The Kier molecular flexibility index (Phi) is 7.86. The van der Waals surface area contributed by atoms with Crippen molar-refractivity contribution in [3.63, 3.8) is 0 Å². The minimum absolute atomic E-state index is 0.182. The van der Waals surface area contributed by atoms with Gasteiger partial charge in [-0.1, -0.05) is 45.5 Å². The van der Waals surface area contributed by atoms with Crippen molar-refractivity contribution in [1.82, 2.24) is 0 Å². The summed E-state index contributed by atoms with van der Waals surface area (Å²) in [5.41, 5.74) is 4.95. The zero-order valence-electron chi connectivity index (χ0n) is 17.9. The first-order chi connectivity index (χ1) is 13.5. The molecule has 0 saturated heterocycles. The average Bonchev–Trinajstić information content (AvgIpc) is 2.62. The molecule has 2 aromatic carbocycles. The summed E-state index contributed by atoms with van der Waals surface area (Å²) in [7, 11) is -4.27. The number of ether oxygens (including phenoxy) is 1. The molecule has 29 heavy (non-hydrogen) atoms. The van der Waals surface area contributed by atoms with Crippen LogP contribution >= 0.6 is 19.4 Å². The monoisotopic (exact) mass is 438 g/mol. The second-order valence-electron chi connectivity index (χ2n) is 7.46. The van der Waals surface area contributed by atoms with Crippen LogP contribution in [0.2, 0.25) is 0 Å². The fraction of sp³-hybridized carbons (Fsp3) is 0.455. The molecule has 7 heteroatoms. The summed E-state index contributed by atoms with van der Waals surface area (Å²) in [6, 6.07) is 5.59. The number of aromatic hydroxyl groups is 1. The molecule has 0 amide bonds. The van der Waals surface area contributed by atoms with Crippen LogP contribution in [0.15, 0.2) is 28.0 Å². The van der Waals surface area contributed by atoms with E-state index in [1.807, 2.05) is 39.8 Å². The summed E-state index contributed by atoms with van der Waals surface area (Å²) in [5.74, 6) is 1.08. The maximum absolute atomic E-state index is 11.4. The smallest absolute Gasteiger partial charge is 0.362 e. The maximum Gasteiger partial charge on any atom is 0.362 e. The predicted octanol–water partition coefficient (Wildman–Crippen LogP) is 5.92. The van der Waals surface area contributed by atoms with Gasteiger partial charge in [0, 0.05) is 15.4 Å². The minimum Gasteiger partial charge on any atom is -0.508 e. The van der Waals surface area contributed by atoms with E-state index in [9.17, 15) is 19.5 Å². The third kappa shape index (κ3) is 5.37. The Labute approximate surface area is 177 Å². The van der Waals surface area contributed by atoms with E-state index in [0.29, 0.717) is 24.3 Å². The Morgan fingerprint density at radius 2 is 1.62 bits per heavy atom. The van der Waals surface area contributed by atoms with Crippen molar-refractivity contribution in [3.8, 4) is 11.5 Å². The molecule has 0 unspecified atom stereocenters. The Morgan fingerprint density at radius 3 is 2.07 bits per heavy atom. The van der Waals surface area contributed by atoms with Crippen molar-refractivity contribution in [2.24, 2.45) is 0 Å². The molecule has 0 bridgehead atoms. The van der Waals surface area contributed by atoms with Gasteiger partial charge < -0.3 is 19.6 Å². The van der Waals surface area contributed by atoms with Crippen LogP contribution in [-0.4, -0.2) is 21.2 Å². The lowest BCUT2D eigenvalue weighted by atomic mass is 9.95. The molecular formula is C22H31O5PS. The largest absolute Gasteiger partial charge is 0.508 e. The molecular weight excluding hydrogens is 407 g/mol. The lowest BCUT2D eigenvalue weighted by molar-refractivity contribution is 0.297.